The normalized spacial score (nSPS) is 16.6. The molecule has 0 aromatic rings. The molecule has 0 aliphatic rings. The summed E-state index contributed by atoms with van der Waals surface area (Å²) in [6.45, 7) is 8.37. The Morgan fingerprint density at radius 3 is 1.77 bits per heavy atom. The van der Waals surface area contributed by atoms with Gasteiger partial charge in [-0.2, -0.15) is 0 Å². The van der Waals surface area contributed by atoms with E-state index in [1.165, 1.54) is 0 Å². The molecule has 2 nitrogen and oxygen atoms in total. The first-order chi connectivity index (χ1) is 6.08. The minimum Gasteiger partial charge on any atom is -0.396 e. The molecule has 0 bridgehead atoms. The van der Waals surface area contributed by atoms with Gasteiger partial charge in [-0.15, -0.1) is 0 Å². The molecule has 0 spiro atoms. The Bertz CT molecular complexity index is 119. The highest BCUT2D eigenvalue weighted by Gasteiger charge is 2.27. The van der Waals surface area contributed by atoms with Crippen molar-refractivity contribution in [3.05, 3.63) is 0 Å². The van der Waals surface area contributed by atoms with Crippen LogP contribution in [-0.4, -0.2) is 22.9 Å². The fraction of sp³-hybridized carbons (Fsp3) is 1.00. The van der Waals surface area contributed by atoms with Crippen LogP contribution in [-0.2, 0) is 0 Å². The molecule has 2 atom stereocenters. The lowest BCUT2D eigenvalue weighted by Gasteiger charge is -2.30. The van der Waals surface area contributed by atoms with Gasteiger partial charge in [-0.25, -0.2) is 0 Å². The second-order valence-corrected chi connectivity index (χ2v) is 4.16. The van der Waals surface area contributed by atoms with E-state index in [-0.39, 0.29) is 18.6 Å². The summed E-state index contributed by atoms with van der Waals surface area (Å²) in [6, 6.07) is 0. The fourth-order valence-corrected chi connectivity index (χ4v) is 1.83. The molecule has 2 unspecified atom stereocenters. The smallest absolute Gasteiger partial charge is 0.0620 e. The van der Waals surface area contributed by atoms with Crippen molar-refractivity contribution in [1.82, 2.24) is 0 Å². The molecule has 0 aromatic carbocycles. The van der Waals surface area contributed by atoms with Gasteiger partial charge >= 0.3 is 0 Å². The van der Waals surface area contributed by atoms with Crippen LogP contribution < -0.4 is 0 Å². The largest absolute Gasteiger partial charge is 0.396 e. The van der Waals surface area contributed by atoms with Crippen LogP contribution in [0.25, 0.3) is 0 Å². The summed E-state index contributed by atoms with van der Waals surface area (Å²) in [6.07, 6.45) is 1.63. The molecule has 0 fully saturated rings. The highest BCUT2D eigenvalue weighted by Crippen LogP contribution is 2.24. The van der Waals surface area contributed by atoms with Crippen molar-refractivity contribution in [3.63, 3.8) is 0 Å². The first-order valence-corrected chi connectivity index (χ1v) is 5.37. The van der Waals surface area contributed by atoms with Gasteiger partial charge < -0.3 is 10.2 Å². The molecule has 13 heavy (non-hydrogen) atoms. The maximum atomic E-state index is 9.98. The Kier molecular flexibility index (Phi) is 6.35. The Labute approximate surface area is 82.0 Å². The summed E-state index contributed by atoms with van der Waals surface area (Å²) in [5.41, 5.74) is 0. The van der Waals surface area contributed by atoms with E-state index in [4.69, 9.17) is 5.11 Å². The van der Waals surface area contributed by atoms with Crippen molar-refractivity contribution >= 4 is 0 Å². The van der Waals surface area contributed by atoms with Crippen molar-refractivity contribution in [3.8, 4) is 0 Å². The van der Waals surface area contributed by atoms with Crippen molar-refractivity contribution in [2.45, 2.75) is 46.6 Å². The average Bonchev–Trinajstić information content (AvgIpc) is 2.07. The lowest BCUT2D eigenvalue weighted by atomic mass is 9.82. The number of rotatable bonds is 6. The van der Waals surface area contributed by atoms with Gasteiger partial charge in [-0.3, -0.25) is 0 Å². The fourth-order valence-electron chi connectivity index (χ4n) is 1.83. The van der Waals surface area contributed by atoms with Gasteiger partial charge in [0.2, 0.25) is 0 Å². The van der Waals surface area contributed by atoms with E-state index < -0.39 is 0 Å². The van der Waals surface area contributed by atoms with Gasteiger partial charge in [0.1, 0.15) is 0 Å². The molecular weight excluding hydrogens is 164 g/mol. The Balaban J connectivity index is 4.24. The number of hydrogen-bond donors (Lipinski definition) is 2. The Hall–Kier alpha value is -0.0800. The van der Waals surface area contributed by atoms with Gasteiger partial charge in [0.15, 0.2) is 0 Å². The number of aliphatic hydroxyl groups excluding tert-OH is 2. The first kappa shape index (κ1) is 12.9. The standard InChI is InChI=1S/C11H24O2/c1-5-9(6-2)11(13)10(7-12)8(3)4/h8-13H,5-7H2,1-4H3. The van der Waals surface area contributed by atoms with Crippen molar-refractivity contribution in [2.24, 2.45) is 17.8 Å². The van der Waals surface area contributed by atoms with Gasteiger partial charge in [-0.1, -0.05) is 40.5 Å². The summed E-state index contributed by atoms with van der Waals surface area (Å²) in [7, 11) is 0. The van der Waals surface area contributed by atoms with Crippen LogP contribution in [0, 0.1) is 17.8 Å². The van der Waals surface area contributed by atoms with E-state index in [0.29, 0.717) is 11.8 Å². The molecular formula is C11H24O2. The van der Waals surface area contributed by atoms with Crippen LogP contribution in [0.3, 0.4) is 0 Å². The molecule has 0 heterocycles. The molecule has 0 aliphatic carbocycles. The predicted octanol–water partition coefficient (Wildman–Crippen LogP) is 2.05. The lowest BCUT2D eigenvalue weighted by Crippen LogP contribution is -2.34. The van der Waals surface area contributed by atoms with Gasteiger partial charge in [0.25, 0.3) is 0 Å². The van der Waals surface area contributed by atoms with Crippen LogP contribution in [0.1, 0.15) is 40.5 Å². The van der Waals surface area contributed by atoms with E-state index in [9.17, 15) is 5.11 Å². The van der Waals surface area contributed by atoms with Crippen LogP contribution in [0.5, 0.6) is 0 Å². The van der Waals surface area contributed by atoms with Crippen LogP contribution in [0.2, 0.25) is 0 Å². The monoisotopic (exact) mass is 188 g/mol. The molecule has 80 valence electrons. The van der Waals surface area contributed by atoms with Crippen molar-refractivity contribution < 1.29 is 10.2 Å². The highest BCUT2D eigenvalue weighted by molar-refractivity contribution is 4.76. The zero-order valence-corrected chi connectivity index (χ0v) is 9.33. The third kappa shape index (κ3) is 3.65. The molecule has 0 rings (SSSR count). The Morgan fingerprint density at radius 2 is 1.54 bits per heavy atom. The maximum Gasteiger partial charge on any atom is 0.0620 e. The topological polar surface area (TPSA) is 40.5 Å². The zero-order chi connectivity index (χ0) is 10.4. The van der Waals surface area contributed by atoms with E-state index in [2.05, 4.69) is 13.8 Å². The molecule has 0 amide bonds. The van der Waals surface area contributed by atoms with Gasteiger partial charge in [0, 0.05) is 12.5 Å². The summed E-state index contributed by atoms with van der Waals surface area (Å²) in [5.74, 6) is 0.713. The molecule has 0 aromatic heterocycles. The third-order valence-corrected chi connectivity index (χ3v) is 3.04. The SMILES string of the molecule is CCC(CC)C(O)C(CO)C(C)C. The molecule has 0 saturated carbocycles. The maximum absolute atomic E-state index is 9.98. The van der Waals surface area contributed by atoms with Gasteiger partial charge in [0.05, 0.1) is 6.10 Å². The molecule has 0 aliphatic heterocycles. The second kappa shape index (κ2) is 6.39. The molecule has 0 radical (unpaired) electrons. The van der Waals surface area contributed by atoms with Crippen molar-refractivity contribution in [1.29, 1.82) is 0 Å². The third-order valence-electron chi connectivity index (χ3n) is 3.04. The summed E-state index contributed by atoms with van der Waals surface area (Å²) in [5, 5.41) is 19.1. The van der Waals surface area contributed by atoms with Gasteiger partial charge in [-0.05, 0) is 11.8 Å². The summed E-state index contributed by atoms with van der Waals surface area (Å²) < 4.78 is 0. The quantitative estimate of drug-likeness (QED) is 0.669. The summed E-state index contributed by atoms with van der Waals surface area (Å²) >= 11 is 0. The van der Waals surface area contributed by atoms with Crippen LogP contribution in [0.15, 0.2) is 0 Å². The van der Waals surface area contributed by atoms with Crippen molar-refractivity contribution in [2.75, 3.05) is 6.61 Å². The summed E-state index contributed by atoms with van der Waals surface area (Å²) in [4.78, 5) is 0. The zero-order valence-electron chi connectivity index (χ0n) is 9.33. The minimum atomic E-state index is -0.347. The molecule has 0 saturated heterocycles. The van der Waals surface area contributed by atoms with E-state index in [1.54, 1.807) is 0 Å². The highest BCUT2D eigenvalue weighted by atomic mass is 16.3. The van der Waals surface area contributed by atoms with E-state index >= 15 is 0 Å². The van der Waals surface area contributed by atoms with E-state index in [1.807, 2.05) is 13.8 Å². The van der Waals surface area contributed by atoms with Crippen LogP contribution in [0.4, 0.5) is 0 Å². The minimum absolute atomic E-state index is 0.0323. The van der Waals surface area contributed by atoms with E-state index in [0.717, 1.165) is 12.8 Å². The first-order valence-electron chi connectivity index (χ1n) is 5.37. The number of hydrogen-bond acceptors (Lipinski definition) is 2. The lowest BCUT2D eigenvalue weighted by molar-refractivity contribution is -0.000996. The number of aliphatic hydroxyl groups is 2. The van der Waals surface area contributed by atoms with Crippen LogP contribution >= 0.6 is 0 Å². The second-order valence-electron chi connectivity index (χ2n) is 4.16. The predicted molar refractivity (Wildman–Crippen MR) is 55.5 cm³/mol. The average molecular weight is 188 g/mol. The Morgan fingerprint density at radius 1 is 1.08 bits per heavy atom. The molecule has 2 heteroatoms. The molecule has 2 N–H and O–H groups in total.